The highest BCUT2D eigenvalue weighted by Crippen LogP contribution is 2.37. The molecule has 92 valence electrons. The van der Waals surface area contributed by atoms with Crippen molar-refractivity contribution in [1.29, 1.82) is 0 Å². The minimum Gasteiger partial charge on any atom is -0.289 e. The van der Waals surface area contributed by atoms with Crippen LogP contribution in [0.4, 0.5) is 0 Å². The molecule has 0 fully saturated rings. The zero-order chi connectivity index (χ0) is 12.7. The molecule has 3 rings (SSSR count). The fourth-order valence-corrected chi connectivity index (χ4v) is 3.21. The Labute approximate surface area is 114 Å². The molecule has 0 N–H and O–H groups in total. The van der Waals surface area contributed by atoms with Crippen molar-refractivity contribution in [3.05, 3.63) is 46.1 Å². The quantitative estimate of drug-likeness (QED) is 0.551. The van der Waals surface area contributed by atoms with Crippen molar-refractivity contribution in [2.75, 3.05) is 5.33 Å². The lowest BCUT2D eigenvalue weighted by Crippen LogP contribution is -2.25. The molecule has 0 saturated carbocycles. The Morgan fingerprint density at radius 2 is 1.72 bits per heavy atom. The van der Waals surface area contributed by atoms with Crippen molar-refractivity contribution >= 4 is 27.5 Å². The second-order valence-electron chi connectivity index (χ2n) is 4.82. The van der Waals surface area contributed by atoms with E-state index < -0.39 is 0 Å². The minimum absolute atomic E-state index is 0.0698. The normalized spacial score (nSPS) is 23.1. The predicted molar refractivity (Wildman–Crippen MR) is 73.6 cm³/mol. The average molecular weight is 305 g/mol. The molecule has 18 heavy (non-hydrogen) atoms. The third kappa shape index (κ3) is 1.69. The summed E-state index contributed by atoms with van der Waals surface area (Å²) in [4.78, 5) is 24.8. The van der Waals surface area contributed by atoms with Gasteiger partial charge >= 0.3 is 0 Å². The van der Waals surface area contributed by atoms with E-state index in [-0.39, 0.29) is 11.6 Å². The second kappa shape index (κ2) is 4.47. The molecule has 2 nitrogen and oxygen atoms in total. The maximum Gasteiger partial charge on any atom is 0.190 e. The molecule has 0 radical (unpaired) electrons. The van der Waals surface area contributed by atoms with E-state index in [1.807, 2.05) is 18.2 Å². The summed E-state index contributed by atoms with van der Waals surface area (Å²) in [7, 11) is 0. The molecule has 0 aromatic heterocycles. The van der Waals surface area contributed by atoms with E-state index in [9.17, 15) is 9.59 Å². The van der Waals surface area contributed by atoms with Crippen LogP contribution in [0.25, 0.3) is 0 Å². The van der Waals surface area contributed by atoms with E-state index >= 15 is 0 Å². The second-order valence-corrected chi connectivity index (χ2v) is 5.38. The molecule has 0 amide bonds. The average Bonchev–Trinajstić information content (AvgIpc) is 2.44. The Morgan fingerprint density at radius 3 is 2.50 bits per heavy atom. The molecule has 3 aliphatic rings. The number of Topliss-reactive ketones (excluding diaryl/α,β-unsaturated/α-hetero) is 2. The topological polar surface area (TPSA) is 34.1 Å². The van der Waals surface area contributed by atoms with Gasteiger partial charge in [-0.2, -0.15) is 0 Å². The third-order valence-electron chi connectivity index (χ3n) is 3.75. The van der Waals surface area contributed by atoms with Gasteiger partial charge in [-0.25, -0.2) is 0 Å². The fraction of sp³-hybridized carbons (Fsp3) is 0.333. The molecule has 0 aromatic rings. The minimum atomic E-state index is 0.0698. The van der Waals surface area contributed by atoms with Crippen LogP contribution in [0.15, 0.2) is 46.1 Å². The summed E-state index contributed by atoms with van der Waals surface area (Å²) in [5, 5.41) is 0.775. The Bertz CT molecular complexity index is 573. The number of allylic oxidation sites excluding steroid dienone is 8. The first-order chi connectivity index (χ1) is 8.72. The van der Waals surface area contributed by atoms with Crippen molar-refractivity contribution < 1.29 is 9.59 Å². The molecular weight excluding hydrogens is 292 g/mol. The molecule has 3 aliphatic carbocycles. The van der Waals surface area contributed by atoms with Gasteiger partial charge in [0, 0.05) is 27.6 Å². The smallest absolute Gasteiger partial charge is 0.190 e. The van der Waals surface area contributed by atoms with Crippen LogP contribution in [0.5, 0.6) is 0 Å². The van der Waals surface area contributed by atoms with E-state index in [0.717, 1.165) is 23.7 Å². The summed E-state index contributed by atoms with van der Waals surface area (Å²) < 4.78 is 0. The van der Waals surface area contributed by atoms with Crippen LogP contribution < -0.4 is 0 Å². The monoisotopic (exact) mass is 304 g/mol. The molecule has 0 aromatic carbocycles. The molecule has 0 saturated heterocycles. The summed E-state index contributed by atoms with van der Waals surface area (Å²) in [6.07, 6.45) is 8.85. The number of halogens is 1. The van der Waals surface area contributed by atoms with E-state index in [4.69, 9.17) is 0 Å². The summed E-state index contributed by atoms with van der Waals surface area (Å²) in [6.45, 7) is 0. The van der Waals surface area contributed by atoms with Gasteiger partial charge in [0.05, 0.1) is 0 Å². The summed E-state index contributed by atoms with van der Waals surface area (Å²) in [6, 6.07) is 0. The van der Waals surface area contributed by atoms with E-state index in [2.05, 4.69) is 15.9 Å². The summed E-state index contributed by atoms with van der Waals surface area (Å²) in [5.74, 6) is 0.141. The summed E-state index contributed by atoms with van der Waals surface area (Å²) >= 11 is 3.42. The molecule has 0 unspecified atom stereocenters. The molecule has 0 heterocycles. The van der Waals surface area contributed by atoms with Crippen LogP contribution in [0, 0.1) is 0 Å². The van der Waals surface area contributed by atoms with Crippen LogP contribution in [-0.4, -0.2) is 16.9 Å². The molecule has 0 bridgehead atoms. The fourth-order valence-electron chi connectivity index (χ4n) is 2.77. The van der Waals surface area contributed by atoms with Crippen LogP contribution in [-0.2, 0) is 9.59 Å². The number of alkyl halides is 1. The molecule has 0 atom stereocenters. The van der Waals surface area contributed by atoms with Crippen molar-refractivity contribution in [1.82, 2.24) is 0 Å². The van der Waals surface area contributed by atoms with Gasteiger partial charge in [-0.05, 0) is 25.7 Å². The zero-order valence-electron chi connectivity index (χ0n) is 9.96. The molecule has 3 heteroatoms. The zero-order valence-corrected chi connectivity index (χ0v) is 11.5. The number of hydrogen-bond donors (Lipinski definition) is 0. The van der Waals surface area contributed by atoms with Gasteiger partial charge in [-0.1, -0.05) is 39.7 Å². The summed E-state index contributed by atoms with van der Waals surface area (Å²) in [5.41, 5.74) is 3.92. The number of carbonyl (C=O) groups excluding carboxylic acids is 2. The van der Waals surface area contributed by atoms with Crippen LogP contribution >= 0.6 is 15.9 Å². The number of ketones is 2. The lowest BCUT2D eigenvalue weighted by atomic mass is 9.76. The first kappa shape index (κ1) is 11.8. The standard InChI is InChI=1S/C15H13BrO2/c16-8-9-5-6-12-13(7-9)15(18)11-4-2-1-3-10(11)14(12)17/h1,3,7H,2,4-6,8H2. The van der Waals surface area contributed by atoms with E-state index in [1.54, 1.807) is 0 Å². The SMILES string of the molecule is O=C1C2=C(CCC(CBr)=C2)C(=O)C2=C1CCC=C2. The maximum absolute atomic E-state index is 12.4. The Morgan fingerprint density at radius 1 is 1.00 bits per heavy atom. The molecular formula is C15H13BrO2. The highest BCUT2D eigenvalue weighted by molar-refractivity contribution is 9.09. The van der Waals surface area contributed by atoms with Crippen molar-refractivity contribution in [2.24, 2.45) is 0 Å². The largest absolute Gasteiger partial charge is 0.289 e. The first-order valence-electron chi connectivity index (χ1n) is 6.20. The lowest BCUT2D eigenvalue weighted by Gasteiger charge is -2.26. The van der Waals surface area contributed by atoms with Crippen molar-refractivity contribution in [2.45, 2.75) is 25.7 Å². The van der Waals surface area contributed by atoms with E-state index in [0.29, 0.717) is 29.6 Å². The van der Waals surface area contributed by atoms with Gasteiger partial charge in [0.25, 0.3) is 0 Å². The Balaban J connectivity index is 2.10. The number of rotatable bonds is 1. The lowest BCUT2D eigenvalue weighted by molar-refractivity contribution is -0.116. The number of carbonyl (C=O) groups is 2. The number of hydrogen-bond acceptors (Lipinski definition) is 2. The van der Waals surface area contributed by atoms with Gasteiger partial charge in [0.15, 0.2) is 11.6 Å². The maximum atomic E-state index is 12.4. The van der Waals surface area contributed by atoms with Gasteiger partial charge in [0.2, 0.25) is 0 Å². The van der Waals surface area contributed by atoms with Gasteiger partial charge in [-0.15, -0.1) is 0 Å². The first-order valence-corrected chi connectivity index (χ1v) is 7.32. The highest BCUT2D eigenvalue weighted by atomic mass is 79.9. The molecule has 0 spiro atoms. The van der Waals surface area contributed by atoms with Crippen molar-refractivity contribution in [3.8, 4) is 0 Å². The van der Waals surface area contributed by atoms with Crippen LogP contribution in [0.1, 0.15) is 25.7 Å². The Hall–Kier alpha value is -1.22. The highest BCUT2D eigenvalue weighted by Gasteiger charge is 2.34. The predicted octanol–water partition coefficient (Wildman–Crippen LogP) is 3.20. The third-order valence-corrected chi connectivity index (χ3v) is 4.47. The van der Waals surface area contributed by atoms with E-state index in [1.165, 1.54) is 5.57 Å². The Kier molecular flexibility index (Phi) is 2.94. The van der Waals surface area contributed by atoms with Crippen LogP contribution in [0.3, 0.4) is 0 Å². The van der Waals surface area contributed by atoms with Gasteiger partial charge < -0.3 is 0 Å². The van der Waals surface area contributed by atoms with Gasteiger partial charge in [0.1, 0.15) is 0 Å². The van der Waals surface area contributed by atoms with Crippen molar-refractivity contribution in [3.63, 3.8) is 0 Å². The molecule has 0 aliphatic heterocycles. The van der Waals surface area contributed by atoms with Crippen LogP contribution in [0.2, 0.25) is 0 Å². The van der Waals surface area contributed by atoms with Gasteiger partial charge in [-0.3, -0.25) is 9.59 Å².